The topological polar surface area (TPSA) is 109 Å². The minimum atomic E-state index is -3.09. The van der Waals surface area contributed by atoms with Gasteiger partial charge in [-0.05, 0) is 31.1 Å². The van der Waals surface area contributed by atoms with Gasteiger partial charge in [0.25, 0.3) is 0 Å². The third-order valence-corrected chi connectivity index (χ3v) is 4.70. The standard InChI is InChI=1S/C12H24N2O4S/c1-19(17,18)6-5-11(13)12(16)14-7-9-3-2-4-10(9)8-15/h9-11,15H,2-8,13H2,1H3,(H,14,16). The zero-order valence-corrected chi connectivity index (χ0v) is 12.2. The summed E-state index contributed by atoms with van der Waals surface area (Å²) in [7, 11) is -3.09. The molecule has 1 fully saturated rings. The number of carbonyl (C=O) groups is 1. The first-order valence-electron chi connectivity index (χ1n) is 6.65. The van der Waals surface area contributed by atoms with Crippen molar-refractivity contribution in [2.45, 2.75) is 31.7 Å². The van der Waals surface area contributed by atoms with Crippen LogP contribution in [0.5, 0.6) is 0 Å². The normalized spacial score (nSPS) is 25.2. The van der Waals surface area contributed by atoms with Gasteiger partial charge in [0.2, 0.25) is 5.91 Å². The quantitative estimate of drug-likeness (QED) is 0.573. The third-order valence-electron chi connectivity index (χ3n) is 3.73. The molecule has 0 spiro atoms. The van der Waals surface area contributed by atoms with Gasteiger partial charge in [0.05, 0.1) is 11.8 Å². The van der Waals surface area contributed by atoms with Crippen molar-refractivity contribution >= 4 is 15.7 Å². The molecule has 1 saturated carbocycles. The molecule has 112 valence electrons. The first-order valence-corrected chi connectivity index (χ1v) is 8.71. The predicted octanol–water partition coefficient (Wildman–Crippen LogP) is -0.727. The summed E-state index contributed by atoms with van der Waals surface area (Å²) in [6.45, 7) is 0.664. The molecule has 19 heavy (non-hydrogen) atoms. The van der Waals surface area contributed by atoms with E-state index in [0.29, 0.717) is 12.5 Å². The fraction of sp³-hybridized carbons (Fsp3) is 0.917. The van der Waals surface area contributed by atoms with Gasteiger partial charge < -0.3 is 16.2 Å². The Bertz CT molecular complexity index is 397. The van der Waals surface area contributed by atoms with Gasteiger partial charge in [-0.15, -0.1) is 0 Å². The van der Waals surface area contributed by atoms with E-state index in [-0.39, 0.29) is 30.6 Å². The monoisotopic (exact) mass is 292 g/mol. The van der Waals surface area contributed by atoms with E-state index < -0.39 is 15.9 Å². The number of amides is 1. The summed E-state index contributed by atoms with van der Waals surface area (Å²) in [6, 6.07) is -0.788. The Morgan fingerprint density at radius 2 is 2.05 bits per heavy atom. The average molecular weight is 292 g/mol. The van der Waals surface area contributed by atoms with Gasteiger partial charge in [-0.25, -0.2) is 8.42 Å². The second-order valence-electron chi connectivity index (χ2n) is 5.40. The molecule has 0 radical (unpaired) electrons. The summed E-state index contributed by atoms with van der Waals surface area (Å²) in [5, 5.41) is 11.9. The highest BCUT2D eigenvalue weighted by Crippen LogP contribution is 2.30. The molecule has 0 aromatic rings. The molecule has 1 aliphatic carbocycles. The van der Waals surface area contributed by atoms with Crippen molar-refractivity contribution in [3.05, 3.63) is 0 Å². The van der Waals surface area contributed by atoms with Crippen molar-refractivity contribution in [3.63, 3.8) is 0 Å². The maximum atomic E-state index is 11.7. The van der Waals surface area contributed by atoms with E-state index >= 15 is 0 Å². The van der Waals surface area contributed by atoms with Crippen LogP contribution in [0, 0.1) is 11.8 Å². The number of sulfone groups is 1. The number of nitrogens with two attached hydrogens (primary N) is 1. The molecule has 6 nitrogen and oxygen atoms in total. The lowest BCUT2D eigenvalue weighted by Gasteiger charge is -2.19. The van der Waals surface area contributed by atoms with Gasteiger partial charge in [0.1, 0.15) is 9.84 Å². The zero-order valence-electron chi connectivity index (χ0n) is 11.3. The first-order chi connectivity index (χ1) is 8.83. The van der Waals surface area contributed by atoms with Crippen LogP contribution in [0.25, 0.3) is 0 Å². The maximum Gasteiger partial charge on any atom is 0.236 e. The number of carbonyl (C=O) groups excluding carboxylic acids is 1. The summed E-state index contributed by atoms with van der Waals surface area (Å²) >= 11 is 0. The van der Waals surface area contributed by atoms with Crippen molar-refractivity contribution in [3.8, 4) is 0 Å². The van der Waals surface area contributed by atoms with Gasteiger partial charge in [-0.2, -0.15) is 0 Å². The Morgan fingerprint density at radius 3 is 2.63 bits per heavy atom. The number of rotatable bonds is 7. The van der Waals surface area contributed by atoms with Crippen molar-refractivity contribution in [1.29, 1.82) is 0 Å². The molecule has 0 heterocycles. The van der Waals surface area contributed by atoms with Gasteiger partial charge >= 0.3 is 0 Å². The zero-order chi connectivity index (χ0) is 14.5. The summed E-state index contributed by atoms with van der Waals surface area (Å²) < 4.78 is 22.0. The van der Waals surface area contributed by atoms with Crippen LogP contribution in [0.2, 0.25) is 0 Å². The number of hydrogen-bond donors (Lipinski definition) is 3. The average Bonchev–Trinajstić information content (AvgIpc) is 2.79. The van der Waals surface area contributed by atoms with Gasteiger partial charge in [0.15, 0.2) is 0 Å². The molecule has 0 aromatic heterocycles. The predicted molar refractivity (Wildman–Crippen MR) is 73.2 cm³/mol. The summed E-state index contributed by atoms with van der Waals surface area (Å²) in [6.07, 6.45) is 4.34. The first kappa shape index (κ1) is 16.4. The van der Waals surface area contributed by atoms with Crippen LogP contribution in [0.4, 0.5) is 0 Å². The smallest absolute Gasteiger partial charge is 0.236 e. The fourth-order valence-corrected chi connectivity index (χ4v) is 3.14. The SMILES string of the molecule is CS(=O)(=O)CCC(N)C(=O)NCC1CCCC1CO. The van der Waals surface area contributed by atoms with Crippen molar-refractivity contribution in [2.75, 3.05) is 25.2 Å². The van der Waals surface area contributed by atoms with E-state index in [0.717, 1.165) is 25.5 Å². The van der Waals surface area contributed by atoms with Crippen LogP contribution < -0.4 is 11.1 Å². The molecule has 0 aromatic carbocycles. The van der Waals surface area contributed by atoms with Crippen molar-refractivity contribution in [1.82, 2.24) is 5.32 Å². The third kappa shape index (κ3) is 5.88. The summed E-state index contributed by atoms with van der Waals surface area (Å²) in [4.78, 5) is 11.7. The van der Waals surface area contributed by atoms with Crippen LogP contribution in [0.1, 0.15) is 25.7 Å². The van der Waals surface area contributed by atoms with Crippen molar-refractivity contribution in [2.24, 2.45) is 17.6 Å². The number of aliphatic hydroxyl groups excluding tert-OH is 1. The Kier molecular flexibility index (Phi) is 6.22. The molecule has 4 N–H and O–H groups in total. The largest absolute Gasteiger partial charge is 0.396 e. The second kappa shape index (κ2) is 7.21. The Morgan fingerprint density at radius 1 is 1.42 bits per heavy atom. The van der Waals surface area contributed by atoms with Gasteiger partial charge in [0, 0.05) is 19.4 Å². The highest BCUT2D eigenvalue weighted by atomic mass is 32.2. The van der Waals surface area contributed by atoms with E-state index in [1.54, 1.807) is 0 Å². The molecule has 1 rings (SSSR count). The van der Waals surface area contributed by atoms with E-state index in [4.69, 9.17) is 5.73 Å². The van der Waals surface area contributed by atoms with Crippen LogP contribution in [0.15, 0.2) is 0 Å². The molecule has 3 atom stereocenters. The molecule has 0 aliphatic heterocycles. The second-order valence-corrected chi connectivity index (χ2v) is 7.66. The highest BCUT2D eigenvalue weighted by Gasteiger charge is 2.27. The van der Waals surface area contributed by atoms with Crippen LogP contribution in [0.3, 0.4) is 0 Å². The lowest BCUT2D eigenvalue weighted by atomic mass is 9.97. The van der Waals surface area contributed by atoms with Crippen LogP contribution in [-0.2, 0) is 14.6 Å². The van der Waals surface area contributed by atoms with E-state index in [2.05, 4.69) is 5.32 Å². The molecular formula is C12H24N2O4S. The molecule has 1 aliphatic rings. The minimum absolute atomic E-state index is 0.0791. The Hall–Kier alpha value is -0.660. The van der Waals surface area contributed by atoms with Crippen LogP contribution in [-0.4, -0.2) is 50.6 Å². The highest BCUT2D eigenvalue weighted by molar-refractivity contribution is 7.90. The number of hydrogen-bond acceptors (Lipinski definition) is 5. The molecular weight excluding hydrogens is 268 g/mol. The van der Waals surface area contributed by atoms with Crippen LogP contribution >= 0.6 is 0 Å². The lowest BCUT2D eigenvalue weighted by Crippen LogP contribution is -2.43. The molecule has 0 saturated heterocycles. The van der Waals surface area contributed by atoms with Crippen molar-refractivity contribution < 1.29 is 18.3 Å². The van der Waals surface area contributed by atoms with E-state index in [9.17, 15) is 18.3 Å². The lowest BCUT2D eigenvalue weighted by molar-refractivity contribution is -0.122. The Balaban J connectivity index is 2.30. The number of nitrogens with one attached hydrogen (secondary N) is 1. The Labute approximate surface area is 114 Å². The molecule has 7 heteroatoms. The summed E-state index contributed by atoms with van der Waals surface area (Å²) in [5.41, 5.74) is 5.65. The molecule has 0 bridgehead atoms. The maximum absolute atomic E-state index is 11.7. The molecule has 3 unspecified atom stereocenters. The van der Waals surface area contributed by atoms with E-state index in [1.165, 1.54) is 0 Å². The summed E-state index contributed by atoms with van der Waals surface area (Å²) in [5.74, 6) is 0.167. The van der Waals surface area contributed by atoms with Gasteiger partial charge in [-0.3, -0.25) is 4.79 Å². The molecule has 1 amide bonds. The van der Waals surface area contributed by atoms with E-state index in [1.807, 2.05) is 0 Å². The minimum Gasteiger partial charge on any atom is -0.396 e. The van der Waals surface area contributed by atoms with Gasteiger partial charge in [-0.1, -0.05) is 6.42 Å². The fourth-order valence-electron chi connectivity index (χ4n) is 2.46. The number of aliphatic hydroxyl groups is 1.